The maximum absolute atomic E-state index is 15.9. The van der Waals surface area contributed by atoms with Crippen LogP contribution in [0.1, 0.15) is 75.0 Å². The van der Waals surface area contributed by atoms with Crippen molar-refractivity contribution in [3.63, 3.8) is 0 Å². The zero-order chi connectivity index (χ0) is 29.8. The number of aryl methyl sites for hydroxylation is 2. The first-order chi connectivity index (χ1) is 21.1. The van der Waals surface area contributed by atoms with E-state index in [-0.39, 0.29) is 11.1 Å². The fourth-order valence-electron chi connectivity index (χ4n) is 5.34. The molecule has 6 aromatic rings. The van der Waals surface area contributed by atoms with Crippen molar-refractivity contribution in [2.75, 3.05) is 0 Å². The molecule has 5 heterocycles. The normalized spacial score (nSPS) is 11.7. The van der Waals surface area contributed by atoms with Crippen molar-refractivity contribution < 1.29 is 8.78 Å². The lowest BCUT2D eigenvalue weighted by Gasteiger charge is -2.08. The zero-order valence-corrected chi connectivity index (χ0v) is 28.5. The summed E-state index contributed by atoms with van der Waals surface area (Å²) >= 11 is 7.55. The van der Waals surface area contributed by atoms with Crippen molar-refractivity contribution in [2.45, 2.75) is 78.1 Å². The summed E-state index contributed by atoms with van der Waals surface area (Å²) in [6, 6.07) is 16.5. The Hall–Kier alpha value is -2.30. The van der Waals surface area contributed by atoms with Crippen molar-refractivity contribution in [1.29, 1.82) is 0 Å². The van der Waals surface area contributed by atoms with Gasteiger partial charge in [-0.25, -0.2) is 8.78 Å². The Morgan fingerprint density at radius 2 is 0.884 bits per heavy atom. The van der Waals surface area contributed by atoms with Crippen LogP contribution in [-0.4, -0.2) is 8.75 Å². The van der Waals surface area contributed by atoms with Gasteiger partial charge in [0.15, 0.2) is 11.6 Å². The van der Waals surface area contributed by atoms with Crippen LogP contribution in [0.3, 0.4) is 0 Å². The molecule has 0 spiro atoms. The molecule has 0 N–H and O–H groups in total. The Morgan fingerprint density at radius 1 is 0.488 bits per heavy atom. The van der Waals surface area contributed by atoms with E-state index < -0.39 is 11.6 Å². The maximum atomic E-state index is 15.9. The molecular formula is C34H34F2N2S5. The molecule has 43 heavy (non-hydrogen) atoms. The minimum absolute atomic E-state index is 0.209. The number of hydrogen-bond donors (Lipinski definition) is 0. The summed E-state index contributed by atoms with van der Waals surface area (Å²) in [4.78, 5) is 8.53. The average molecular weight is 669 g/mol. The van der Waals surface area contributed by atoms with Gasteiger partial charge in [-0.2, -0.15) is 8.75 Å². The molecule has 1 aromatic carbocycles. The summed E-state index contributed by atoms with van der Waals surface area (Å²) in [5.74, 6) is -1.71. The van der Waals surface area contributed by atoms with Crippen molar-refractivity contribution >= 4 is 68.1 Å². The summed E-state index contributed by atoms with van der Waals surface area (Å²) in [7, 11) is 0. The topological polar surface area (TPSA) is 25.8 Å². The van der Waals surface area contributed by atoms with Gasteiger partial charge < -0.3 is 0 Å². The van der Waals surface area contributed by atoms with Crippen molar-refractivity contribution in [1.82, 2.24) is 8.75 Å². The highest BCUT2D eigenvalue weighted by atomic mass is 32.1. The molecule has 0 aliphatic carbocycles. The first kappa shape index (κ1) is 30.7. The Morgan fingerprint density at radius 3 is 1.33 bits per heavy atom. The summed E-state index contributed by atoms with van der Waals surface area (Å²) in [6.45, 7) is 4.45. The molecule has 5 aromatic heterocycles. The fourth-order valence-corrected chi connectivity index (χ4v) is 10.3. The van der Waals surface area contributed by atoms with Crippen LogP contribution >= 0.6 is 57.1 Å². The van der Waals surface area contributed by atoms with Gasteiger partial charge in [0.05, 0.1) is 22.9 Å². The van der Waals surface area contributed by atoms with Crippen LogP contribution in [0.25, 0.3) is 51.4 Å². The number of rotatable bonds is 14. The van der Waals surface area contributed by atoms with E-state index in [1.807, 2.05) is 24.3 Å². The monoisotopic (exact) mass is 668 g/mol. The van der Waals surface area contributed by atoms with Crippen molar-refractivity contribution in [3.05, 3.63) is 69.9 Å². The fraction of sp³-hybridized carbons (Fsp3) is 0.353. The molecule has 224 valence electrons. The molecule has 0 fully saturated rings. The van der Waals surface area contributed by atoms with Crippen molar-refractivity contribution in [3.8, 4) is 40.4 Å². The lowest BCUT2D eigenvalue weighted by Crippen LogP contribution is -1.95. The van der Waals surface area contributed by atoms with Crippen molar-refractivity contribution in [2.24, 2.45) is 0 Å². The SMILES string of the molecule is CCCCCCc1ccc(-c2ccc(-c3c(F)c(F)c(-c4ccc(-c5ccc(CCCCCC)s5)s4)c4nsnc34)s2)s1. The molecule has 6 rings (SSSR count). The second-order valence-corrected chi connectivity index (χ2v) is 15.9. The summed E-state index contributed by atoms with van der Waals surface area (Å²) < 4.78 is 40.8. The number of aromatic nitrogens is 2. The van der Waals surface area contributed by atoms with Gasteiger partial charge in [0.2, 0.25) is 0 Å². The van der Waals surface area contributed by atoms with Gasteiger partial charge in [0, 0.05) is 39.0 Å². The highest BCUT2D eigenvalue weighted by Gasteiger charge is 2.27. The molecule has 2 nitrogen and oxygen atoms in total. The van der Waals surface area contributed by atoms with E-state index in [0.717, 1.165) is 44.1 Å². The summed E-state index contributed by atoms with van der Waals surface area (Å²) in [6.07, 6.45) is 12.1. The van der Waals surface area contributed by atoms with E-state index in [9.17, 15) is 0 Å². The van der Waals surface area contributed by atoms with E-state index >= 15 is 8.78 Å². The number of benzene rings is 1. The quantitative estimate of drug-likeness (QED) is 0.108. The Bertz CT molecular complexity index is 1680. The molecule has 0 aliphatic heterocycles. The molecular weight excluding hydrogens is 635 g/mol. The minimum atomic E-state index is -0.855. The minimum Gasteiger partial charge on any atom is -0.203 e. The van der Waals surface area contributed by atoms with Gasteiger partial charge in [0.1, 0.15) is 11.0 Å². The van der Waals surface area contributed by atoms with Gasteiger partial charge in [0.25, 0.3) is 0 Å². The lowest BCUT2D eigenvalue weighted by molar-refractivity contribution is 0.516. The van der Waals surface area contributed by atoms with E-state index in [0.29, 0.717) is 20.8 Å². The van der Waals surface area contributed by atoms with E-state index in [4.69, 9.17) is 0 Å². The van der Waals surface area contributed by atoms with E-state index in [1.54, 1.807) is 22.7 Å². The number of halogens is 2. The third kappa shape index (κ3) is 6.71. The highest BCUT2D eigenvalue weighted by Crippen LogP contribution is 2.46. The second kappa shape index (κ2) is 14.2. The van der Waals surface area contributed by atoms with Gasteiger partial charge >= 0.3 is 0 Å². The molecule has 0 atom stereocenters. The molecule has 0 radical (unpaired) electrons. The Labute approximate surface area is 272 Å². The largest absolute Gasteiger partial charge is 0.203 e. The summed E-state index contributed by atoms with van der Waals surface area (Å²) in [5.41, 5.74) is 1.27. The zero-order valence-electron chi connectivity index (χ0n) is 24.4. The van der Waals surface area contributed by atoms with Crippen LogP contribution in [-0.2, 0) is 12.8 Å². The van der Waals surface area contributed by atoms with Crippen LogP contribution < -0.4 is 0 Å². The Balaban J connectivity index is 1.26. The third-order valence-electron chi connectivity index (χ3n) is 7.66. The second-order valence-electron chi connectivity index (χ2n) is 10.8. The molecule has 0 unspecified atom stereocenters. The van der Waals surface area contributed by atoms with Gasteiger partial charge in [-0.1, -0.05) is 52.4 Å². The number of unbranched alkanes of at least 4 members (excludes halogenated alkanes) is 6. The first-order valence-electron chi connectivity index (χ1n) is 15.1. The molecule has 0 amide bonds. The predicted molar refractivity (Wildman–Crippen MR) is 186 cm³/mol. The van der Waals surface area contributed by atoms with E-state index in [2.05, 4.69) is 46.9 Å². The maximum Gasteiger partial charge on any atom is 0.170 e. The number of nitrogens with zero attached hydrogens (tertiary/aromatic N) is 2. The highest BCUT2D eigenvalue weighted by molar-refractivity contribution is 7.24. The Kier molecular flexibility index (Phi) is 10.1. The number of hydrogen-bond acceptors (Lipinski definition) is 7. The van der Waals surface area contributed by atoms with Crippen LogP contribution in [0.4, 0.5) is 8.78 Å². The number of thiophene rings is 4. The molecule has 0 saturated carbocycles. The molecule has 0 saturated heterocycles. The average Bonchev–Trinajstić information content (AvgIpc) is 3.84. The van der Waals surface area contributed by atoms with Gasteiger partial charge in [-0.05, 0) is 74.2 Å². The smallest absolute Gasteiger partial charge is 0.170 e. The molecule has 0 bridgehead atoms. The van der Waals surface area contributed by atoms with Crippen LogP contribution in [0.2, 0.25) is 0 Å². The van der Waals surface area contributed by atoms with Gasteiger partial charge in [-0.3, -0.25) is 0 Å². The summed E-state index contributed by atoms with van der Waals surface area (Å²) in [5, 5.41) is 0. The molecule has 0 aliphatic rings. The van der Waals surface area contributed by atoms with E-state index in [1.165, 1.54) is 83.8 Å². The molecule has 9 heteroatoms. The first-order valence-corrected chi connectivity index (χ1v) is 19.1. The number of fused-ring (bicyclic) bond motifs is 1. The predicted octanol–water partition coefficient (Wildman–Crippen LogP) is 13.1. The third-order valence-corrected chi connectivity index (χ3v) is 13.1. The van der Waals surface area contributed by atoms with Crippen LogP contribution in [0.15, 0.2) is 48.5 Å². The van der Waals surface area contributed by atoms with Crippen LogP contribution in [0.5, 0.6) is 0 Å². The van der Waals surface area contributed by atoms with Crippen LogP contribution in [0, 0.1) is 11.6 Å². The standard InChI is InChI=1S/C34H34F2N2S5/c1-3-5-7-9-11-21-13-15-23(39-21)25-17-19-27(41-25)29-31(35)32(36)30(34-33(29)37-43-38-34)28-20-18-26(42-28)24-16-14-22(40-24)12-10-8-6-4-2/h13-20H,3-12H2,1-2H3. The lowest BCUT2D eigenvalue weighted by atomic mass is 10.0. The van der Waals surface area contributed by atoms with Gasteiger partial charge in [-0.15, -0.1) is 45.3 Å².